The minimum atomic E-state index is -4.75. The Morgan fingerprint density at radius 1 is 1.23 bits per heavy atom. The molecule has 3 aromatic heterocycles. The first-order chi connectivity index (χ1) is 14.2. The van der Waals surface area contributed by atoms with Crippen molar-refractivity contribution in [2.45, 2.75) is 23.4 Å². The SMILES string of the molecule is CC(Sc1nc(-c2cccs2)cc(C(F)(F)F)c1C#N)C(=O)Nc1sccc1C#N. The van der Waals surface area contributed by atoms with E-state index in [-0.39, 0.29) is 10.7 Å². The van der Waals surface area contributed by atoms with Crippen LogP contribution in [0.5, 0.6) is 0 Å². The molecule has 1 N–H and O–H groups in total. The third kappa shape index (κ3) is 4.65. The minimum Gasteiger partial charge on any atom is -0.316 e. The number of aromatic nitrogens is 1. The highest BCUT2D eigenvalue weighted by molar-refractivity contribution is 8.00. The van der Waals surface area contributed by atoms with E-state index in [0.717, 1.165) is 29.2 Å². The summed E-state index contributed by atoms with van der Waals surface area (Å²) in [7, 11) is 0. The number of pyridine rings is 1. The molecule has 0 radical (unpaired) electrons. The molecule has 11 heteroatoms. The largest absolute Gasteiger partial charge is 0.417 e. The molecule has 0 aromatic carbocycles. The maximum atomic E-state index is 13.6. The lowest BCUT2D eigenvalue weighted by molar-refractivity contribution is -0.138. The quantitative estimate of drug-likeness (QED) is 0.486. The molecule has 0 bridgehead atoms. The van der Waals surface area contributed by atoms with Gasteiger partial charge in [-0.05, 0) is 35.9 Å². The second kappa shape index (κ2) is 8.88. The van der Waals surface area contributed by atoms with Crippen LogP contribution < -0.4 is 5.32 Å². The summed E-state index contributed by atoms with van der Waals surface area (Å²) in [6, 6.07) is 9.24. The molecule has 3 rings (SSSR count). The van der Waals surface area contributed by atoms with E-state index in [2.05, 4.69) is 10.3 Å². The molecule has 1 unspecified atom stereocenters. The lowest BCUT2D eigenvalue weighted by Gasteiger charge is -2.16. The highest BCUT2D eigenvalue weighted by Gasteiger charge is 2.36. The molecule has 0 aliphatic carbocycles. The number of thiophene rings is 2. The molecule has 3 heterocycles. The number of amides is 1. The van der Waals surface area contributed by atoms with Crippen molar-refractivity contribution in [1.29, 1.82) is 10.5 Å². The number of hydrogen-bond donors (Lipinski definition) is 1. The van der Waals surface area contributed by atoms with Gasteiger partial charge in [-0.3, -0.25) is 4.79 Å². The molecule has 5 nitrogen and oxygen atoms in total. The van der Waals surface area contributed by atoms with E-state index in [1.807, 2.05) is 6.07 Å². The van der Waals surface area contributed by atoms with Gasteiger partial charge in [-0.1, -0.05) is 17.8 Å². The third-order valence-electron chi connectivity index (χ3n) is 3.86. The number of halogens is 3. The standard InChI is InChI=1S/C19H11F3N4OS3/c1-10(16(27)26-17-11(8-23)4-6-29-17)30-18-12(9-24)13(19(20,21)22)7-14(25-18)15-3-2-5-28-15/h2-7,10H,1H3,(H,26,27). The second-order valence-electron chi connectivity index (χ2n) is 5.85. The summed E-state index contributed by atoms with van der Waals surface area (Å²) in [6.07, 6.45) is -4.75. The van der Waals surface area contributed by atoms with Gasteiger partial charge >= 0.3 is 6.18 Å². The normalized spacial score (nSPS) is 12.1. The summed E-state index contributed by atoms with van der Waals surface area (Å²) in [5, 5.41) is 23.7. The predicted molar refractivity (Wildman–Crippen MR) is 110 cm³/mol. The number of carbonyl (C=O) groups excluding carboxylic acids is 1. The Hall–Kier alpha value is -2.86. The zero-order valence-electron chi connectivity index (χ0n) is 15.1. The van der Waals surface area contributed by atoms with Gasteiger partial charge in [-0.2, -0.15) is 23.7 Å². The number of nitrogens with zero attached hydrogens (tertiary/aromatic N) is 3. The van der Waals surface area contributed by atoms with Crippen LogP contribution in [0.2, 0.25) is 0 Å². The fourth-order valence-corrected chi connectivity index (χ4v) is 4.77. The van der Waals surface area contributed by atoms with E-state index < -0.39 is 28.5 Å². The Morgan fingerprint density at radius 3 is 2.60 bits per heavy atom. The van der Waals surface area contributed by atoms with Crippen LogP contribution >= 0.6 is 34.4 Å². The minimum absolute atomic E-state index is 0.0801. The first kappa shape index (κ1) is 21.8. The Morgan fingerprint density at radius 2 is 2.00 bits per heavy atom. The smallest absolute Gasteiger partial charge is 0.316 e. The molecule has 152 valence electrons. The highest BCUT2D eigenvalue weighted by atomic mass is 32.2. The molecule has 1 amide bonds. The van der Waals surface area contributed by atoms with Crippen LogP contribution in [-0.4, -0.2) is 16.1 Å². The first-order valence-electron chi connectivity index (χ1n) is 8.26. The lowest BCUT2D eigenvalue weighted by atomic mass is 10.1. The first-order valence-corrected chi connectivity index (χ1v) is 10.9. The van der Waals surface area contributed by atoms with Crippen molar-refractivity contribution in [2.75, 3.05) is 5.32 Å². The summed E-state index contributed by atoms with van der Waals surface area (Å²) in [6.45, 7) is 1.49. The molecular formula is C19H11F3N4OS3. The van der Waals surface area contributed by atoms with Crippen molar-refractivity contribution in [2.24, 2.45) is 0 Å². The molecule has 1 atom stereocenters. The van der Waals surface area contributed by atoms with Gasteiger partial charge in [0.15, 0.2) is 0 Å². The highest BCUT2D eigenvalue weighted by Crippen LogP contribution is 2.39. The monoisotopic (exact) mass is 464 g/mol. The second-order valence-corrected chi connectivity index (χ2v) is 9.04. The molecule has 0 spiro atoms. The summed E-state index contributed by atoms with van der Waals surface area (Å²) in [5.74, 6) is -0.514. The Balaban J connectivity index is 1.96. The van der Waals surface area contributed by atoms with Gasteiger partial charge in [0, 0.05) is 0 Å². The van der Waals surface area contributed by atoms with E-state index in [0.29, 0.717) is 15.4 Å². The van der Waals surface area contributed by atoms with Crippen LogP contribution in [0.4, 0.5) is 18.2 Å². The zero-order chi connectivity index (χ0) is 21.9. The van der Waals surface area contributed by atoms with Crippen molar-refractivity contribution in [3.05, 3.63) is 51.7 Å². The number of rotatable bonds is 5. The van der Waals surface area contributed by atoms with Crippen LogP contribution in [-0.2, 0) is 11.0 Å². The van der Waals surface area contributed by atoms with Gasteiger partial charge in [-0.15, -0.1) is 22.7 Å². The summed E-state index contributed by atoms with van der Waals surface area (Å²) >= 11 is 3.14. The van der Waals surface area contributed by atoms with Crippen LogP contribution in [0.3, 0.4) is 0 Å². The third-order valence-corrected chi connectivity index (χ3v) is 6.67. The predicted octanol–water partition coefficient (Wildman–Crippen LogP) is 5.75. The Kier molecular flexibility index (Phi) is 6.46. The van der Waals surface area contributed by atoms with Crippen LogP contribution in [0.1, 0.15) is 23.6 Å². The topological polar surface area (TPSA) is 89.6 Å². The van der Waals surface area contributed by atoms with Crippen molar-refractivity contribution in [3.63, 3.8) is 0 Å². The number of hydrogen-bond acceptors (Lipinski definition) is 7. The van der Waals surface area contributed by atoms with Gasteiger partial charge in [-0.25, -0.2) is 4.98 Å². The number of anilines is 1. The molecule has 0 fully saturated rings. The van der Waals surface area contributed by atoms with Gasteiger partial charge in [0.2, 0.25) is 5.91 Å². The van der Waals surface area contributed by atoms with Crippen molar-refractivity contribution in [3.8, 4) is 22.7 Å². The average Bonchev–Trinajstić information content (AvgIpc) is 3.38. The lowest BCUT2D eigenvalue weighted by Crippen LogP contribution is -2.23. The fraction of sp³-hybridized carbons (Fsp3) is 0.158. The van der Waals surface area contributed by atoms with E-state index in [9.17, 15) is 23.2 Å². The average molecular weight is 465 g/mol. The number of thioether (sulfide) groups is 1. The molecule has 0 aliphatic rings. The maximum absolute atomic E-state index is 13.6. The zero-order valence-corrected chi connectivity index (χ0v) is 17.6. The van der Waals surface area contributed by atoms with Crippen LogP contribution in [0, 0.1) is 22.7 Å². The van der Waals surface area contributed by atoms with Gasteiger partial charge in [0.05, 0.1) is 32.5 Å². The fourth-order valence-electron chi connectivity index (χ4n) is 2.42. The maximum Gasteiger partial charge on any atom is 0.417 e. The molecule has 0 saturated heterocycles. The molecular weight excluding hydrogens is 453 g/mol. The summed E-state index contributed by atoms with van der Waals surface area (Å²) < 4.78 is 40.7. The van der Waals surface area contributed by atoms with E-state index in [1.54, 1.807) is 35.0 Å². The Labute approximate surface area is 181 Å². The van der Waals surface area contributed by atoms with Crippen LogP contribution in [0.15, 0.2) is 40.1 Å². The number of alkyl halides is 3. The molecule has 0 aliphatic heterocycles. The summed E-state index contributed by atoms with van der Waals surface area (Å²) in [4.78, 5) is 17.3. The molecule has 0 saturated carbocycles. The van der Waals surface area contributed by atoms with Gasteiger partial charge < -0.3 is 5.32 Å². The van der Waals surface area contributed by atoms with Crippen molar-refractivity contribution in [1.82, 2.24) is 4.98 Å². The number of carbonyl (C=O) groups is 1. The number of nitriles is 2. The van der Waals surface area contributed by atoms with Gasteiger partial charge in [0.25, 0.3) is 0 Å². The van der Waals surface area contributed by atoms with Crippen molar-refractivity contribution < 1.29 is 18.0 Å². The van der Waals surface area contributed by atoms with E-state index in [4.69, 9.17) is 5.26 Å². The van der Waals surface area contributed by atoms with E-state index in [1.165, 1.54) is 18.3 Å². The van der Waals surface area contributed by atoms with Gasteiger partial charge in [0.1, 0.15) is 22.2 Å². The molecule has 3 aromatic rings. The number of nitrogens with one attached hydrogen (secondary N) is 1. The van der Waals surface area contributed by atoms with Crippen molar-refractivity contribution >= 4 is 45.3 Å². The van der Waals surface area contributed by atoms with E-state index >= 15 is 0 Å². The van der Waals surface area contributed by atoms with Crippen LogP contribution in [0.25, 0.3) is 10.6 Å². The molecule has 30 heavy (non-hydrogen) atoms. The summed E-state index contributed by atoms with van der Waals surface area (Å²) in [5.41, 5.74) is -1.35. The Bertz CT molecular complexity index is 1160.